The summed E-state index contributed by atoms with van der Waals surface area (Å²) in [6, 6.07) is 19.5. The summed E-state index contributed by atoms with van der Waals surface area (Å²) in [6.07, 6.45) is 4.79. The first-order chi connectivity index (χ1) is 18.1. The van der Waals surface area contributed by atoms with Crippen molar-refractivity contribution in [3.05, 3.63) is 66.2 Å². The molecule has 3 aromatic rings. The molecule has 8 nitrogen and oxygen atoms in total. The van der Waals surface area contributed by atoms with Crippen LogP contribution >= 0.6 is 0 Å². The molecule has 9 heteroatoms. The number of nitrogens with one attached hydrogen (secondary N) is 1. The lowest BCUT2D eigenvalue weighted by Gasteiger charge is -2.22. The molecule has 3 heterocycles. The van der Waals surface area contributed by atoms with E-state index in [1.54, 1.807) is 0 Å². The van der Waals surface area contributed by atoms with Crippen LogP contribution in [0.5, 0.6) is 11.5 Å². The number of anilines is 1. The predicted molar refractivity (Wildman–Crippen MR) is 149 cm³/mol. The first-order valence-corrected chi connectivity index (χ1v) is 14.2. The average Bonchev–Trinajstić information content (AvgIpc) is 3.63. The number of amides is 1. The van der Waals surface area contributed by atoms with Gasteiger partial charge in [0.25, 0.3) is 0 Å². The molecular weight excluding hydrogens is 502 g/mol. The molecule has 202 valence electrons. The second-order valence-corrected chi connectivity index (χ2v) is 11.4. The van der Waals surface area contributed by atoms with Crippen LogP contribution in [0.2, 0.25) is 0 Å². The monoisotopic (exact) mass is 537 g/mol. The van der Waals surface area contributed by atoms with Crippen LogP contribution in [0.3, 0.4) is 0 Å². The Kier molecular flexibility index (Phi) is 7.52. The zero-order valence-electron chi connectivity index (χ0n) is 21.4. The van der Waals surface area contributed by atoms with E-state index in [2.05, 4.69) is 16.5 Å². The van der Waals surface area contributed by atoms with Crippen LogP contribution in [0.25, 0.3) is 11.3 Å². The maximum absolute atomic E-state index is 13.3. The van der Waals surface area contributed by atoms with Crippen LogP contribution < -0.4 is 14.8 Å². The molecule has 3 aliphatic rings. The van der Waals surface area contributed by atoms with Crippen molar-refractivity contribution >= 4 is 22.7 Å². The molecule has 2 atom stereocenters. The van der Waals surface area contributed by atoms with E-state index >= 15 is 0 Å². The molecule has 0 bridgehead atoms. The van der Waals surface area contributed by atoms with Crippen molar-refractivity contribution in [1.82, 2.24) is 9.29 Å². The van der Waals surface area contributed by atoms with Crippen molar-refractivity contribution in [2.75, 3.05) is 25.1 Å². The zero-order chi connectivity index (χ0) is 25.4. The third-order valence-corrected chi connectivity index (χ3v) is 9.21. The summed E-state index contributed by atoms with van der Waals surface area (Å²) in [5.74, 6) is 1.88. The molecule has 2 aliphatic heterocycles. The van der Waals surface area contributed by atoms with Crippen molar-refractivity contribution in [1.29, 1.82) is 0 Å². The van der Waals surface area contributed by atoms with Crippen molar-refractivity contribution in [2.24, 2.45) is 0 Å². The minimum atomic E-state index is -1.15. The zero-order valence-corrected chi connectivity index (χ0v) is 22.3. The van der Waals surface area contributed by atoms with Crippen molar-refractivity contribution in [3.63, 3.8) is 0 Å². The number of fused-ring (bicyclic) bond motifs is 1. The van der Waals surface area contributed by atoms with Crippen molar-refractivity contribution in [3.8, 4) is 22.8 Å². The summed E-state index contributed by atoms with van der Waals surface area (Å²) in [5.41, 5.74) is 2.05. The third kappa shape index (κ3) is 4.93. The number of carbonyl (C=O) groups excluding carboxylic acids is 1. The van der Waals surface area contributed by atoms with Gasteiger partial charge in [-0.25, -0.2) is 13.5 Å². The molecule has 3 N–H and O–H groups in total. The summed E-state index contributed by atoms with van der Waals surface area (Å²) in [5, 5.41) is 3.03. The van der Waals surface area contributed by atoms with Crippen LogP contribution in [0.1, 0.15) is 46.0 Å². The molecule has 38 heavy (non-hydrogen) atoms. The Labute approximate surface area is 226 Å². The number of carbonyl (C=O) groups is 1. The molecule has 6 rings (SSSR count). The third-order valence-electron chi connectivity index (χ3n) is 7.63. The van der Waals surface area contributed by atoms with Gasteiger partial charge in [-0.3, -0.25) is 4.79 Å². The molecule has 2 aromatic carbocycles. The molecule has 1 saturated heterocycles. The van der Waals surface area contributed by atoms with Gasteiger partial charge in [0.2, 0.25) is 5.91 Å². The average molecular weight is 538 g/mol. The highest BCUT2D eigenvalue weighted by molar-refractivity contribution is 7.82. The van der Waals surface area contributed by atoms with Gasteiger partial charge in [-0.2, -0.15) is 0 Å². The standard InChI is InChI=1S/C29H31N3O4S.H2O.H2/c1-2-22-5-4-16-32(22)37(34)23-11-8-20(9-12-23)24-6-3-7-27(30-24)31-28(33)29(14-15-29)21-10-13-25-26(19-21)36-18-17-35-25;;/h3,6-13,19,22H,2,4-5,14-18H2,1H3,(H,30,31,33);1H2;1H/t22-,37?;;/m0../s1. The lowest BCUT2D eigenvalue weighted by atomic mass is 9.94. The van der Waals surface area contributed by atoms with Gasteiger partial charge in [-0.15, -0.1) is 0 Å². The summed E-state index contributed by atoms with van der Waals surface area (Å²) >= 11 is 0. The Hall–Kier alpha value is -3.27. The summed E-state index contributed by atoms with van der Waals surface area (Å²) in [6.45, 7) is 4.09. The topological polar surface area (TPSA) is 112 Å². The van der Waals surface area contributed by atoms with Gasteiger partial charge in [-0.05, 0) is 74.1 Å². The molecule has 2 fully saturated rings. The van der Waals surface area contributed by atoms with Crippen LogP contribution in [-0.4, -0.2) is 50.7 Å². The highest BCUT2D eigenvalue weighted by atomic mass is 32.2. The SMILES string of the molecule is CC[C@H]1CCCN1S(=O)c1ccc(-c2cccc(NC(=O)C3(c4ccc5c(c4)OCCO5)CC3)n2)cc1.O.[HH]. The van der Waals surface area contributed by atoms with E-state index < -0.39 is 16.4 Å². The van der Waals surface area contributed by atoms with Gasteiger partial charge in [0, 0.05) is 19.6 Å². The fourth-order valence-corrected chi connectivity index (χ4v) is 6.79. The van der Waals surface area contributed by atoms with Crippen LogP contribution in [0, 0.1) is 0 Å². The molecule has 1 unspecified atom stereocenters. The molecule has 0 radical (unpaired) electrons. The number of aromatic nitrogens is 1. The van der Waals surface area contributed by atoms with Crippen LogP contribution in [-0.2, 0) is 21.2 Å². The Bertz CT molecular complexity index is 1350. The van der Waals surface area contributed by atoms with E-state index in [-0.39, 0.29) is 12.8 Å². The number of ether oxygens (including phenoxy) is 2. The number of benzene rings is 2. The number of hydrogen-bond acceptors (Lipinski definition) is 5. The normalized spacial score (nSPS) is 20.3. The smallest absolute Gasteiger partial charge is 0.236 e. The number of rotatable bonds is 7. The second-order valence-electron chi connectivity index (χ2n) is 9.92. The predicted octanol–water partition coefficient (Wildman–Crippen LogP) is 4.51. The molecule has 1 aromatic heterocycles. The van der Waals surface area contributed by atoms with Gasteiger partial charge >= 0.3 is 0 Å². The minimum Gasteiger partial charge on any atom is -0.486 e. The quantitative estimate of drug-likeness (QED) is 0.477. The summed E-state index contributed by atoms with van der Waals surface area (Å²) < 4.78 is 26.6. The number of pyridine rings is 1. The lowest BCUT2D eigenvalue weighted by molar-refractivity contribution is -0.118. The largest absolute Gasteiger partial charge is 0.486 e. The van der Waals surface area contributed by atoms with Crippen molar-refractivity contribution in [2.45, 2.75) is 55.4 Å². The molecule has 1 saturated carbocycles. The number of hydrogen-bond donors (Lipinski definition) is 1. The Morgan fingerprint density at radius 2 is 1.87 bits per heavy atom. The highest BCUT2D eigenvalue weighted by Crippen LogP contribution is 2.50. The fourth-order valence-electron chi connectivity index (χ4n) is 5.33. The van der Waals surface area contributed by atoms with E-state index in [0.29, 0.717) is 30.8 Å². The summed E-state index contributed by atoms with van der Waals surface area (Å²) in [7, 11) is -1.15. The van der Waals surface area contributed by atoms with Crippen LogP contribution in [0.15, 0.2) is 65.6 Å². The molecule has 1 amide bonds. The lowest BCUT2D eigenvalue weighted by Crippen LogP contribution is -2.30. The van der Waals surface area contributed by atoms with E-state index in [4.69, 9.17) is 14.5 Å². The van der Waals surface area contributed by atoms with E-state index in [9.17, 15) is 9.00 Å². The Morgan fingerprint density at radius 1 is 1.11 bits per heavy atom. The fraction of sp³-hybridized carbons (Fsp3) is 0.379. The second kappa shape index (κ2) is 10.8. The maximum atomic E-state index is 13.3. The van der Waals surface area contributed by atoms with Gasteiger partial charge in [0.15, 0.2) is 11.5 Å². The highest BCUT2D eigenvalue weighted by Gasteiger charge is 2.51. The van der Waals surface area contributed by atoms with Crippen molar-refractivity contribution < 1.29 is 25.4 Å². The molecule has 0 spiro atoms. The van der Waals surface area contributed by atoms with Gasteiger partial charge in [0.1, 0.15) is 30.0 Å². The van der Waals surface area contributed by atoms with Gasteiger partial charge < -0.3 is 20.3 Å². The first-order valence-electron chi connectivity index (χ1n) is 13.0. The van der Waals surface area contributed by atoms with Crippen LogP contribution in [0.4, 0.5) is 5.82 Å². The van der Waals surface area contributed by atoms with E-state index in [1.807, 2.05) is 60.7 Å². The van der Waals surface area contributed by atoms with Gasteiger partial charge in [-0.1, -0.05) is 31.2 Å². The molecular formula is C29H35N3O5S. The Morgan fingerprint density at radius 3 is 2.61 bits per heavy atom. The van der Waals surface area contributed by atoms with E-state index in [1.165, 1.54) is 0 Å². The first kappa shape index (κ1) is 26.3. The maximum Gasteiger partial charge on any atom is 0.236 e. The Balaban J connectivity index is 0.00000176. The molecule has 1 aliphatic carbocycles. The summed E-state index contributed by atoms with van der Waals surface area (Å²) in [4.78, 5) is 18.9. The minimum absolute atomic E-state index is 0. The van der Waals surface area contributed by atoms with Gasteiger partial charge in [0.05, 0.1) is 16.0 Å². The number of nitrogens with zero attached hydrogens (tertiary/aromatic N) is 2. The van der Waals surface area contributed by atoms with E-state index in [0.717, 1.165) is 66.1 Å².